The number of anilines is 3. The number of halogens is 1. The Bertz CT molecular complexity index is 1180. The minimum absolute atomic E-state index is 0.113. The van der Waals surface area contributed by atoms with Crippen LogP contribution in [0.1, 0.15) is 30.2 Å². The highest BCUT2D eigenvalue weighted by molar-refractivity contribution is 6.33. The van der Waals surface area contributed by atoms with Crippen LogP contribution in [-0.2, 0) is 16.6 Å². The molecule has 172 valence electrons. The lowest BCUT2D eigenvalue weighted by Crippen LogP contribution is -2.36. The van der Waals surface area contributed by atoms with E-state index < -0.39 is 0 Å². The molecular formula is C25H28ClN5O2. The number of fused-ring (bicyclic) bond motifs is 1. The first-order valence-electron chi connectivity index (χ1n) is 11.3. The SMILES string of the molecule is Cc1cc(N2CCOCC2)c(Cl)cc1Nc1nccc(-c2cnc3c(c2)C(C)(CO)CC3)n1. The summed E-state index contributed by atoms with van der Waals surface area (Å²) in [4.78, 5) is 16.0. The van der Waals surface area contributed by atoms with E-state index in [1.54, 1.807) is 6.20 Å². The summed E-state index contributed by atoms with van der Waals surface area (Å²) in [6.07, 6.45) is 5.39. The highest BCUT2D eigenvalue weighted by Crippen LogP contribution is 2.39. The quantitative estimate of drug-likeness (QED) is 0.581. The lowest BCUT2D eigenvalue weighted by molar-refractivity contribution is 0.122. The standard InChI is InChI=1S/C25H28ClN5O2/c1-16-11-23(31-7-9-33-10-8-31)19(26)13-22(16)30-24-27-6-4-20(29-24)17-12-18-21(28-14-17)3-5-25(18,2)15-32/h4,6,11-14,32H,3,5,7-10,15H2,1-2H3,(H,27,29,30). The second-order valence-corrected chi connectivity index (χ2v) is 9.45. The van der Waals surface area contributed by atoms with Gasteiger partial charge < -0.3 is 20.1 Å². The van der Waals surface area contributed by atoms with Gasteiger partial charge in [-0.3, -0.25) is 4.98 Å². The van der Waals surface area contributed by atoms with Crippen LogP contribution in [0.4, 0.5) is 17.3 Å². The molecule has 2 aromatic heterocycles. The summed E-state index contributed by atoms with van der Waals surface area (Å²) >= 11 is 6.63. The molecule has 1 unspecified atom stereocenters. The van der Waals surface area contributed by atoms with Crippen LogP contribution in [0.15, 0.2) is 36.7 Å². The highest BCUT2D eigenvalue weighted by atomic mass is 35.5. The predicted molar refractivity (Wildman–Crippen MR) is 131 cm³/mol. The molecule has 2 aliphatic rings. The van der Waals surface area contributed by atoms with Crippen LogP contribution in [0.2, 0.25) is 5.02 Å². The number of aryl methyl sites for hydroxylation is 2. The number of hydrogen-bond donors (Lipinski definition) is 2. The number of hydrogen-bond acceptors (Lipinski definition) is 7. The van der Waals surface area contributed by atoms with Gasteiger partial charge in [0.25, 0.3) is 0 Å². The molecule has 5 rings (SSSR count). The number of aliphatic hydroxyl groups is 1. The van der Waals surface area contributed by atoms with Crippen molar-refractivity contribution >= 4 is 28.9 Å². The molecule has 1 aliphatic heterocycles. The summed E-state index contributed by atoms with van der Waals surface area (Å²) < 4.78 is 5.45. The number of aromatic nitrogens is 3. The molecule has 0 spiro atoms. The summed E-state index contributed by atoms with van der Waals surface area (Å²) in [5.41, 5.74) is 6.57. The van der Waals surface area contributed by atoms with Gasteiger partial charge in [0.2, 0.25) is 5.95 Å². The maximum absolute atomic E-state index is 9.91. The van der Waals surface area contributed by atoms with Gasteiger partial charge in [-0.25, -0.2) is 9.97 Å². The van der Waals surface area contributed by atoms with Gasteiger partial charge >= 0.3 is 0 Å². The van der Waals surface area contributed by atoms with E-state index in [9.17, 15) is 5.11 Å². The zero-order chi connectivity index (χ0) is 23.0. The van der Waals surface area contributed by atoms with Crippen LogP contribution in [-0.4, -0.2) is 53.0 Å². The third-order valence-electron chi connectivity index (χ3n) is 6.73. The number of morpholine rings is 1. The Morgan fingerprint density at radius 1 is 1.21 bits per heavy atom. The first-order chi connectivity index (χ1) is 16.0. The Morgan fingerprint density at radius 2 is 2.03 bits per heavy atom. The molecule has 1 aliphatic carbocycles. The minimum Gasteiger partial charge on any atom is -0.395 e. The van der Waals surface area contributed by atoms with Gasteiger partial charge in [0.05, 0.1) is 36.2 Å². The Morgan fingerprint density at radius 3 is 2.82 bits per heavy atom. The van der Waals surface area contributed by atoms with Gasteiger partial charge in [0, 0.05) is 47.8 Å². The maximum atomic E-state index is 9.91. The van der Waals surface area contributed by atoms with E-state index >= 15 is 0 Å². The lowest BCUT2D eigenvalue weighted by Gasteiger charge is -2.30. The summed E-state index contributed by atoms with van der Waals surface area (Å²) in [5, 5.41) is 13.9. The van der Waals surface area contributed by atoms with Gasteiger partial charge in [-0.05, 0) is 55.2 Å². The van der Waals surface area contributed by atoms with E-state index in [0.29, 0.717) is 24.2 Å². The zero-order valence-electron chi connectivity index (χ0n) is 18.9. The van der Waals surface area contributed by atoms with Gasteiger partial charge in [-0.15, -0.1) is 0 Å². The average Bonchev–Trinajstić information content (AvgIpc) is 3.18. The zero-order valence-corrected chi connectivity index (χ0v) is 19.7. The first kappa shape index (κ1) is 22.1. The number of nitrogens with one attached hydrogen (secondary N) is 1. The van der Waals surface area contributed by atoms with Crippen LogP contribution >= 0.6 is 11.6 Å². The molecule has 1 fully saturated rings. The smallest absolute Gasteiger partial charge is 0.227 e. The van der Waals surface area contributed by atoms with E-state index in [0.717, 1.165) is 65.4 Å². The van der Waals surface area contributed by atoms with Crippen LogP contribution in [0.3, 0.4) is 0 Å². The molecule has 3 heterocycles. The second kappa shape index (κ2) is 8.89. The van der Waals surface area contributed by atoms with Crippen LogP contribution < -0.4 is 10.2 Å². The molecule has 0 saturated carbocycles. The van der Waals surface area contributed by atoms with Crippen molar-refractivity contribution in [1.29, 1.82) is 0 Å². The van der Waals surface area contributed by atoms with Crippen molar-refractivity contribution in [2.45, 2.75) is 32.1 Å². The van der Waals surface area contributed by atoms with Crippen molar-refractivity contribution in [2.24, 2.45) is 0 Å². The van der Waals surface area contributed by atoms with E-state index in [1.807, 2.05) is 25.3 Å². The van der Waals surface area contributed by atoms with Gasteiger partial charge in [-0.2, -0.15) is 0 Å². The monoisotopic (exact) mass is 465 g/mol. The summed E-state index contributed by atoms with van der Waals surface area (Å²) in [6.45, 7) is 7.34. The highest BCUT2D eigenvalue weighted by Gasteiger charge is 2.35. The number of ether oxygens (including phenoxy) is 1. The van der Waals surface area contributed by atoms with Crippen molar-refractivity contribution in [3.63, 3.8) is 0 Å². The number of nitrogens with zero attached hydrogens (tertiary/aromatic N) is 4. The predicted octanol–water partition coefficient (Wildman–Crippen LogP) is 4.28. The van der Waals surface area contributed by atoms with Crippen molar-refractivity contribution in [3.8, 4) is 11.3 Å². The third kappa shape index (κ3) is 4.28. The fourth-order valence-corrected chi connectivity index (χ4v) is 4.88. The van der Waals surface area contributed by atoms with E-state index in [4.69, 9.17) is 21.3 Å². The second-order valence-electron chi connectivity index (χ2n) is 9.05. The molecule has 0 bridgehead atoms. The molecule has 33 heavy (non-hydrogen) atoms. The Labute approximate surface area is 198 Å². The largest absolute Gasteiger partial charge is 0.395 e. The van der Waals surface area contributed by atoms with Gasteiger partial charge in [0.1, 0.15) is 0 Å². The number of rotatable bonds is 5. The molecule has 0 amide bonds. The van der Waals surface area contributed by atoms with E-state index in [2.05, 4.69) is 39.2 Å². The molecule has 1 atom stereocenters. The molecule has 7 nitrogen and oxygen atoms in total. The van der Waals surface area contributed by atoms with Crippen molar-refractivity contribution in [3.05, 3.63) is 58.5 Å². The van der Waals surface area contributed by atoms with Crippen molar-refractivity contribution < 1.29 is 9.84 Å². The van der Waals surface area contributed by atoms with E-state index in [1.165, 1.54) is 0 Å². The molecular weight excluding hydrogens is 438 g/mol. The third-order valence-corrected chi connectivity index (χ3v) is 7.03. The van der Waals surface area contributed by atoms with Gasteiger partial charge in [-0.1, -0.05) is 18.5 Å². The number of benzene rings is 1. The summed E-state index contributed by atoms with van der Waals surface area (Å²) in [6, 6.07) is 8.01. The lowest BCUT2D eigenvalue weighted by atomic mass is 9.85. The normalized spacial score (nSPS) is 20.1. The fraction of sp³-hybridized carbons (Fsp3) is 0.400. The topological polar surface area (TPSA) is 83.4 Å². The summed E-state index contributed by atoms with van der Waals surface area (Å²) in [5.74, 6) is 0.496. The van der Waals surface area contributed by atoms with Crippen molar-refractivity contribution in [1.82, 2.24) is 15.0 Å². The van der Waals surface area contributed by atoms with Crippen LogP contribution in [0.5, 0.6) is 0 Å². The Kier molecular flexibility index (Phi) is 5.95. The van der Waals surface area contributed by atoms with Crippen molar-refractivity contribution in [2.75, 3.05) is 43.1 Å². The average molecular weight is 466 g/mol. The summed E-state index contributed by atoms with van der Waals surface area (Å²) in [7, 11) is 0. The molecule has 2 N–H and O–H groups in total. The van der Waals surface area contributed by atoms with E-state index in [-0.39, 0.29) is 12.0 Å². The molecule has 0 radical (unpaired) electrons. The fourth-order valence-electron chi connectivity index (χ4n) is 4.60. The van der Waals surface area contributed by atoms with Gasteiger partial charge in [0.15, 0.2) is 0 Å². The maximum Gasteiger partial charge on any atom is 0.227 e. The van der Waals surface area contributed by atoms with Crippen LogP contribution in [0, 0.1) is 6.92 Å². The molecule has 8 heteroatoms. The Balaban J connectivity index is 1.41. The molecule has 1 aromatic carbocycles. The number of aliphatic hydroxyl groups excluding tert-OH is 1. The van der Waals surface area contributed by atoms with Crippen LogP contribution in [0.25, 0.3) is 11.3 Å². The molecule has 1 saturated heterocycles. The molecule has 3 aromatic rings. The number of pyridine rings is 1. The minimum atomic E-state index is -0.247. The Hall–Kier alpha value is -2.74. The first-order valence-corrected chi connectivity index (χ1v) is 11.7.